The van der Waals surface area contributed by atoms with E-state index in [0.29, 0.717) is 22.0 Å². The van der Waals surface area contributed by atoms with Gasteiger partial charge in [-0.05, 0) is 24.3 Å². The molecule has 0 fully saturated rings. The average Bonchev–Trinajstić information content (AvgIpc) is 2.87. The normalized spacial score (nSPS) is 10.8. The Hall–Kier alpha value is -2.69. The fourth-order valence-corrected chi connectivity index (χ4v) is 2.05. The second-order valence-electron chi connectivity index (χ2n) is 4.14. The van der Waals surface area contributed by atoms with Crippen molar-refractivity contribution >= 4 is 16.9 Å². The molecule has 0 saturated heterocycles. The fraction of sp³-hybridized carbons (Fsp3) is 0. The number of carbonyl (C=O) groups is 1. The van der Waals surface area contributed by atoms with E-state index < -0.39 is 5.97 Å². The third-order valence-electron chi connectivity index (χ3n) is 2.89. The molecule has 2 aromatic heterocycles. The third-order valence-corrected chi connectivity index (χ3v) is 2.89. The van der Waals surface area contributed by atoms with Crippen molar-refractivity contribution in [1.82, 2.24) is 9.97 Å². The lowest BCUT2D eigenvalue weighted by Gasteiger charge is -2.04. The summed E-state index contributed by atoms with van der Waals surface area (Å²) >= 11 is 0. The second kappa shape index (κ2) is 4.20. The minimum Gasteiger partial charge on any atom is -0.477 e. The van der Waals surface area contributed by atoms with E-state index in [-0.39, 0.29) is 11.5 Å². The molecule has 0 unspecified atom stereocenters. The molecule has 3 aromatic rings. The van der Waals surface area contributed by atoms with Crippen LogP contribution in [0, 0.1) is 5.82 Å². The minimum atomic E-state index is -1.06. The summed E-state index contributed by atoms with van der Waals surface area (Å²) in [5.41, 5.74) is 1.86. The van der Waals surface area contributed by atoms with Crippen LogP contribution in [0.15, 0.2) is 42.7 Å². The van der Waals surface area contributed by atoms with Gasteiger partial charge in [0.05, 0.1) is 5.52 Å². The van der Waals surface area contributed by atoms with Crippen LogP contribution in [-0.2, 0) is 0 Å². The molecule has 2 N–H and O–H groups in total. The van der Waals surface area contributed by atoms with Gasteiger partial charge in [0.1, 0.15) is 11.5 Å². The molecule has 0 bridgehead atoms. The lowest BCUT2D eigenvalue weighted by atomic mass is 10.0. The topological polar surface area (TPSA) is 66.0 Å². The van der Waals surface area contributed by atoms with Crippen molar-refractivity contribution in [1.29, 1.82) is 0 Å². The van der Waals surface area contributed by atoms with Crippen molar-refractivity contribution < 1.29 is 14.3 Å². The Morgan fingerprint density at radius 1 is 1.32 bits per heavy atom. The van der Waals surface area contributed by atoms with Gasteiger partial charge in [0, 0.05) is 28.9 Å². The van der Waals surface area contributed by atoms with Crippen LogP contribution in [-0.4, -0.2) is 21.0 Å². The molecule has 5 heteroatoms. The number of rotatable bonds is 2. The molecule has 0 amide bonds. The Labute approximate surface area is 107 Å². The highest BCUT2D eigenvalue weighted by Gasteiger charge is 2.12. The SMILES string of the molecule is O=C(O)c1cc(-c2cc(F)cc3cccnc23)c[nH]1. The van der Waals surface area contributed by atoms with E-state index in [2.05, 4.69) is 9.97 Å². The van der Waals surface area contributed by atoms with Crippen LogP contribution < -0.4 is 0 Å². The molecule has 0 aliphatic carbocycles. The van der Waals surface area contributed by atoms with E-state index in [1.165, 1.54) is 24.4 Å². The monoisotopic (exact) mass is 256 g/mol. The quantitative estimate of drug-likeness (QED) is 0.740. The molecule has 0 spiro atoms. The molecule has 0 aliphatic rings. The maximum atomic E-state index is 13.6. The number of nitrogens with one attached hydrogen (secondary N) is 1. The summed E-state index contributed by atoms with van der Waals surface area (Å²) in [5.74, 6) is -1.44. The van der Waals surface area contributed by atoms with E-state index in [1.54, 1.807) is 18.3 Å². The number of benzene rings is 1. The number of hydrogen-bond acceptors (Lipinski definition) is 2. The maximum Gasteiger partial charge on any atom is 0.352 e. The molecule has 2 heterocycles. The number of aromatic carboxylic acids is 1. The number of aromatic nitrogens is 2. The number of carboxylic acid groups (broad SMARTS) is 1. The highest BCUT2D eigenvalue weighted by Crippen LogP contribution is 2.28. The second-order valence-corrected chi connectivity index (χ2v) is 4.14. The number of fused-ring (bicyclic) bond motifs is 1. The number of H-pyrrole nitrogens is 1. The van der Waals surface area contributed by atoms with Crippen LogP contribution in [0.1, 0.15) is 10.5 Å². The highest BCUT2D eigenvalue weighted by molar-refractivity contribution is 5.95. The Morgan fingerprint density at radius 3 is 2.89 bits per heavy atom. The van der Waals surface area contributed by atoms with Crippen molar-refractivity contribution in [3.63, 3.8) is 0 Å². The average molecular weight is 256 g/mol. The summed E-state index contributed by atoms with van der Waals surface area (Å²) in [6, 6.07) is 7.71. The predicted molar refractivity (Wildman–Crippen MR) is 68.4 cm³/mol. The molecule has 94 valence electrons. The van der Waals surface area contributed by atoms with Gasteiger partial charge < -0.3 is 10.1 Å². The van der Waals surface area contributed by atoms with Crippen LogP contribution >= 0.6 is 0 Å². The smallest absolute Gasteiger partial charge is 0.352 e. The van der Waals surface area contributed by atoms with Crippen LogP contribution in [0.2, 0.25) is 0 Å². The van der Waals surface area contributed by atoms with Gasteiger partial charge in [-0.2, -0.15) is 0 Å². The van der Waals surface area contributed by atoms with Crippen LogP contribution in [0.4, 0.5) is 4.39 Å². The third kappa shape index (κ3) is 1.95. The van der Waals surface area contributed by atoms with E-state index in [4.69, 9.17) is 5.11 Å². The van der Waals surface area contributed by atoms with Crippen molar-refractivity contribution in [3.05, 3.63) is 54.2 Å². The van der Waals surface area contributed by atoms with E-state index in [1.807, 2.05) is 0 Å². The Bertz CT molecular complexity index is 780. The number of hydrogen-bond donors (Lipinski definition) is 2. The summed E-state index contributed by atoms with van der Waals surface area (Å²) in [7, 11) is 0. The number of halogens is 1. The number of carboxylic acids is 1. The van der Waals surface area contributed by atoms with Gasteiger partial charge >= 0.3 is 5.97 Å². The Morgan fingerprint density at radius 2 is 2.16 bits per heavy atom. The highest BCUT2D eigenvalue weighted by atomic mass is 19.1. The van der Waals surface area contributed by atoms with Gasteiger partial charge in [0.25, 0.3) is 0 Å². The first kappa shape index (κ1) is 11.4. The molecule has 19 heavy (non-hydrogen) atoms. The summed E-state index contributed by atoms with van der Waals surface area (Å²) in [6.45, 7) is 0. The maximum absolute atomic E-state index is 13.6. The van der Waals surface area contributed by atoms with Crippen molar-refractivity contribution in [2.75, 3.05) is 0 Å². The molecule has 0 radical (unpaired) electrons. The first-order valence-electron chi connectivity index (χ1n) is 5.61. The minimum absolute atomic E-state index is 0.0587. The number of pyridine rings is 1. The summed E-state index contributed by atoms with van der Waals surface area (Å²) in [5, 5.41) is 9.57. The van der Waals surface area contributed by atoms with Crippen molar-refractivity contribution in [2.24, 2.45) is 0 Å². The molecular formula is C14H9FN2O2. The van der Waals surface area contributed by atoms with Crippen LogP contribution in [0.5, 0.6) is 0 Å². The van der Waals surface area contributed by atoms with Crippen molar-refractivity contribution in [3.8, 4) is 11.1 Å². The van der Waals surface area contributed by atoms with Crippen LogP contribution in [0.25, 0.3) is 22.0 Å². The molecule has 4 nitrogen and oxygen atoms in total. The molecule has 0 atom stereocenters. The number of aromatic amines is 1. The van der Waals surface area contributed by atoms with Crippen molar-refractivity contribution in [2.45, 2.75) is 0 Å². The van der Waals surface area contributed by atoms with Gasteiger partial charge in [-0.25, -0.2) is 9.18 Å². The molecule has 1 aromatic carbocycles. The van der Waals surface area contributed by atoms with Gasteiger partial charge in [-0.3, -0.25) is 4.98 Å². The van der Waals surface area contributed by atoms with Gasteiger partial charge in [-0.1, -0.05) is 6.07 Å². The Balaban J connectivity index is 2.26. The molecule has 3 rings (SSSR count). The van der Waals surface area contributed by atoms with Gasteiger partial charge in [0.2, 0.25) is 0 Å². The van der Waals surface area contributed by atoms with E-state index >= 15 is 0 Å². The standard InChI is InChI=1S/C14H9FN2O2/c15-10-4-8-2-1-3-16-13(8)11(6-10)9-5-12(14(18)19)17-7-9/h1-7,17H,(H,18,19). The molecule has 0 saturated carbocycles. The number of nitrogens with zero attached hydrogens (tertiary/aromatic N) is 1. The van der Waals surface area contributed by atoms with E-state index in [0.717, 1.165) is 0 Å². The summed E-state index contributed by atoms with van der Waals surface area (Å²) in [4.78, 5) is 17.7. The molecule has 0 aliphatic heterocycles. The van der Waals surface area contributed by atoms with Gasteiger partial charge in [-0.15, -0.1) is 0 Å². The fourth-order valence-electron chi connectivity index (χ4n) is 2.05. The lowest BCUT2D eigenvalue weighted by Crippen LogP contribution is -1.94. The Kier molecular flexibility index (Phi) is 2.52. The van der Waals surface area contributed by atoms with Crippen LogP contribution in [0.3, 0.4) is 0 Å². The van der Waals surface area contributed by atoms with Gasteiger partial charge in [0.15, 0.2) is 0 Å². The first-order valence-corrected chi connectivity index (χ1v) is 5.61. The zero-order valence-corrected chi connectivity index (χ0v) is 9.72. The zero-order valence-electron chi connectivity index (χ0n) is 9.72. The summed E-state index contributed by atoms with van der Waals surface area (Å²) < 4.78 is 13.6. The summed E-state index contributed by atoms with van der Waals surface area (Å²) in [6.07, 6.45) is 3.15. The first-order chi connectivity index (χ1) is 9.15. The largest absolute Gasteiger partial charge is 0.477 e. The molecular weight excluding hydrogens is 247 g/mol. The predicted octanol–water partition coefficient (Wildman–Crippen LogP) is 3.07. The zero-order chi connectivity index (χ0) is 13.4. The van der Waals surface area contributed by atoms with E-state index in [9.17, 15) is 9.18 Å². The lowest BCUT2D eigenvalue weighted by molar-refractivity contribution is 0.0691.